The van der Waals surface area contributed by atoms with Crippen molar-refractivity contribution in [2.45, 2.75) is 6.04 Å². The molecule has 5 heteroatoms. The number of nitrogens with zero attached hydrogens (tertiary/aromatic N) is 2. The van der Waals surface area contributed by atoms with Crippen LogP contribution in [0, 0.1) is 0 Å². The molecule has 1 unspecified atom stereocenters. The Morgan fingerprint density at radius 2 is 2.10 bits per heavy atom. The maximum absolute atomic E-state index is 12.7. The lowest BCUT2D eigenvalue weighted by atomic mass is 10.1. The number of aromatic hydroxyl groups is 1. The number of phenols is 1. The fourth-order valence-corrected chi connectivity index (χ4v) is 2.72. The van der Waals surface area contributed by atoms with Gasteiger partial charge in [-0.15, -0.1) is 0 Å². The minimum atomic E-state index is -0.164. The highest BCUT2D eigenvalue weighted by atomic mass is 16.5. The minimum Gasteiger partial charge on any atom is -0.507 e. The van der Waals surface area contributed by atoms with Crippen molar-refractivity contribution in [2.24, 2.45) is 7.05 Å². The molecule has 110 valence electrons. The van der Waals surface area contributed by atoms with E-state index in [-0.39, 0.29) is 17.7 Å². The van der Waals surface area contributed by atoms with Gasteiger partial charge in [-0.2, -0.15) is 0 Å². The van der Waals surface area contributed by atoms with Crippen molar-refractivity contribution in [1.29, 1.82) is 0 Å². The van der Waals surface area contributed by atoms with Gasteiger partial charge in [-0.25, -0.2) is 0 Å². The quantitative estimate of drug-likeness (QED) is 0.918. The molecule has 5 nitrogen and oxygen atoms in total. The summed E-state index contributed by atoms with van der Waals surface area (Å²) in [4.78, 5) is 14.5. The fraction of sp³-hybridized carbons (Fsp3) is 0.312. The van der Waals surface area contributed by atoms with Gasteiger partial charge in [0.2, 0.25) is 0 Å². The lowest BCUT2D eigenvalue weighted by Gasteiger charge is -2.36. The van der Waals surface area contributed by atoms with Crippen LogP contribution >= 0.6 is 0 Å². The van der Waals surface area contributed by atoms with Gasteiger partial charge < -0.3 is 19.3 Å². The Morgan fingerprint density at radius 3 is 2.81 bits per heavy atom. The van der Waals surface area contributed by atoms with E-state index in [1.165, 1.54) is 6.07 Å². The summed E-state index contributed by atoms with van der Waals surface area (Å²) in [6.45, 7) is 1.50. The molecule has 1 atom stereocenters. The summed E-state index contributed by atoms with van der Waals surface area (Å²) in [6, 6.07) is 10.5. The first-order valence-corrected chi connectivity index (χ1v) is 6.96. The van der Waals surface area contributed by atoms with Gasteiger partial charge in [0.25, 0.3) is 5.91 Å². The molecule has 2 aromatic rings. The summed E-state index contributed by atoms with van der Waals surface area (Å²) in [5.41, 5.74) is 1.36. The first-order chi connectivity index (χ1) is 10.2. The highest BCUT2D eigenvalue weighted by Gasteiger charge is 2.31. The maximum Gasteiger partial charge on any atom is 0.258 e. The topological polar surface area (TPSA) is 54.7 Å². The first kappa shape index (κ1) is 13.7. The SMILES string of the molecule is Cn1cccc1C1COCCN1C(=O)c1ccccc1O. The van der Waals surface area contributed by atoms with Crippen LogP contribution in [0.25, 0.3) is 0 Å². The van der Waals surface area contributed by atoms with E-state index in [0.717, 1.165) is 5.69 Å². The number of para-hydroxylation sites is 1. The van der Waals surface area contributed by atoms with Gasteiger partial charge in [-0.1, -0.05) is 12.1 Å². The third kappa shape index (κ3) is 2.52. The fourth-order valence-electron chi connectivity index (χ4n) is 2.72. The average Bonchev–Trinajstić information content (AvgIpc) is 2.93. The summed E-state index contributed by atoms with van der Waals surface area (Å²) in [5.74, 6) is -0.151. The van der Waals surface area contributed by atoms with Crippen LogP contribution in [0.1, 0.15) is 22.1 Å². The molecule has 1 saturated heterocycles. The number of amides is 1. The van der Waals surface area contributed by atoms with E-state index in [1.807, 2.05) is 29.9 Å². The molecule has 1 aliphatic rings. The van der Waals surface area contributed by atoms with Crippen LogP contribution in [-0.2, 0) is 11.8 Å². The van der Waals surface area contributed by atoms with Gasteiger partial charge in [0.1, 0.15) is 5.75 Å². The summed E-state index contributed by atoms with van der Waals surface area (Å²) in [7, 11) is 1.95. The second kappa shape index (κ2) is 5.61. The second-order valence-electron chi connectivity index (χ2n) is 5.15. The van der Waals surface area contributed by atoms with E-state index in [0.29, 0.717) is 25.3 Å². The lowest BCUT2D eigenvalue weighted by molar-refractivity contribution is -0.00477. The number of hydrogen-bond donors (Lipinski definition) is 1. The van der Waals surface area contributed by atoms with Crippen molar-refractivity contribution in [2.75, 3.05) is 19.8 Å². The van der Waals surface area contributed by atoms with E-state index in [1.54, 1.807) is 23.1 Å². The van der Waals surface area contributed by atoms with Crippen LogP contribution in [0.5, 0.6) is 5.75 Å². The lowest BCUT2D eigenvalue weighted by Crippen LogP contribution is -2.44. The van der Waals surface area contributed by atoms with Crippen molar-refractivity contribution in [3.05, 3.63) is 53.9 Å². The summed E-state index contributed by atoms with van der Waals surface area (Å²) in [5, 5.41) is 9.90. The highest BCUT2D eigenvalue weighted by Crippen LogP contribution is 2.28. The minimum absolute atomic E-state index is 0.0135. The van der Waals surface area contributed by atoms with Crippen LogP contribution in [0.2, 0.25) is 0 Å². The van der Waals surface area contributed by atoms with Crippen LogP contribution in [0.15, 0.2) is 42.6 Å². The number of carbonyl (C=O) groups excluding carboxylic acids is 1. The molecule has 1 aromatic heterocycles. The molecule has 1 amide bonds. The van der Waals surface area contributed by atoms with E-state index >= 15 is 0 Å². The highest BCUT2D eigenvalue weighted by molar-refractivity contribution is 5.97. The van der Waals surface area contributed by atoms with Crippen molar-refractivity contribution < 1.29 is 14.6 Å². The molecule has 2 heterocycles. The largest absolute Gasteiger partial charge is 0.507 e. The van der Waals surface area contributed by atoms with Gasteiger partial charge >= 0.3 is 0 Å². The molecule has 0 spiro atoms. The zero-order valence-corrected chi connectivity index (χ0v) is 11.9. The summed E-state index contributed by atoms with van der Waals surface area (Å²) in [6.07, 6.45) is 1.95. The summed E-state index contributed by atoms with van der Waals surface area (Å²) >= 11 is 0. The molecule has 1 aromatic carbocycles. The Morgan fingerprint density at radius 1 is 1.29 bits per heavy atom. The number of morpholine rings is 1. The van der Waals surface area contributed by atoms with Crippen molar-refractivity contribution in [1.82, 2.24) is 9.47 Å². The van der Waals surface area contributed by atoms with Crippen molar-refractivity contribution >= 4 is 5.91 Å². The molecular formula is C16H18N2O3. The molecule has 0 radical (unpaired) electrons. The molecule has 0 aliphatic carbocycles. The number of rotatable bonds is 2. The molecule has 0 saturated carbocycles. The Kier molecular flexibility index (Phi) is 3.66. The van der Waals surface area contributed by atoms with Crippen LogP contribution in [0.3, 0.4) is 0 Å². The Hall–Kier alpha value is -2.27. The van der Waals surface area contributed by atoms with Gasteiger partial charge in [0.15, 0.2) is 0 Å². The van der Waals surface area contributed by atoms with Crippen molar-refractivity contribution in [3.8, 4) is 5.75 Å². The van der Waals surface area contributed by atoms with Crippen molar-refractivity contribution in [3.63, 3.8) is 0 Å². The predicted molar refractivity (Wildman–Crippen MR) is 78.1 cm³/mol. The van der Waals surface area contributed by atoms with Gasteiger partial charge in [0, 0.05) is 25.5 Å². The first-order valence-electron chi connectivity index (χ1n) is 6.96. The number of aryl methyl sites for hydroxylation is 1. The second-order valence-corrected chi connectivity index (χ2v) is 5.15. The maximum atomic E-state index is 12.7. The van der Waals surface area contributed by atoms with Crippen LogP contribution < -0.4 is 0 Å². The Bertz CT molecular complexity index is 650. The number of aromatic nitrogens is 1. The predicted octanol–water partition coefficient (Wildman–Crippen LogP) is 1.94. The third-order valence-electron chi connectivity index (χ3n) is 3.85. The van der Waals surface area contributed by atoms with Crippen LogP contribution in [-0.4, -0.2) is 40.2 Å². The van der Waals surface area contributed by atoms with E-state index < -0.39 is 0 Å². The molecular weight excluding hydrogens is 268 g/mol. The number of hydrogen-bond acceptors (Lipinski definition) is 3. The molecule has 1 N–H and O–H groups in total. The molecule has 1 fully saturated rings. The number of phenolic OH excluding ortho intramolecular Hbond substituents is 1. The Balaban J connectivity index is 1.93. The molecule has 21 heavy (non-hydrogen) atoms. The zero-order chi connectivity index (χ0) is 14.8. The molecule has 1 aliphatic heterocycles. The molecule has 0 bridgehead atoms. The van der Waals surface area contributed by atoms with Gasteiger partial charge in [-0.3, -0.25) is 4.79 Å². The summed E-state index contributed by atoms with van der Waals surface area (Å²) < 4.78 is 7.53. The molecule has 3 rings (SSSR count). The Labute approximate surface area is 123 Å². The number of carbonyl (C=O) groups is 1. The monoisotopic (exact) mass is 286 g/mol. The zero-order valence-electron chi connectivity index (χ0n) is 11.9. The van der Waals surface area contributed by atoms with Gasteiger partial charge in [-0.05, 0) is 24.3 Å². The van der Waals surface area contributed by atoms with E-state index in [9.17, 15) is 9.90 Å². The van der Waals surface area contributed by atoms with Crippen LogP contribution in [0.4, 0.5) is 0 Å². The standard InChI is InChI=1S/C16H18N2O3/c1-17-8-4-6-13(17)14-11-21-10-9-18(14)16(20)12-5-2-3-7-15(12)19/h2-8,14,19H,9-11H2,1H3. The number of benzene rings is 1. The van der Waals surface area contributed by atoms with Gasteiger partial charge in [0.05, 0.1) is 24.8 Å². The van der Waals surface area contributed by atoms with E-state index in [4.69, 9.17) is 4.74 Å². The number of ether oxygens (including phenoxy) is 1. The third-order valence-corrected chi connectivity index (χ3v) is 3.85. The normalized spacial score (nSPS) is 18.7. The van der Waals surface area contributed by atoms with E-state index in [2.05, 4.69) is 0 Å². The smallest absolute Gasteiger partial charge is 0.258 e. The average molecular weight is 286 g/mol.